The Kier molecular flexibility index (Phi) is 3.88. The van der Waals surface area contributed by atoms with E-state index in [2.05, 4.69) is 4.74 Å². The van der Waals surface area contributed by atoms with Crippen molar-refractivity contribution in [2.24, 2.45) is 0 Å². The fourth-order valence-corrected chi connectivity index (χ4v) is 1.13. The number of carbonyl (C=O) groups is 2. The molecular weight excluding hydrogens is 212 g/mol. The van der Waals surface area contributed by atoms with Gasteiger partial charge in [0, 0.05) is 0 Å². The van der Waals surface area contributed by atoms with Crippen LogP contribution in [0.5, 0.6) is 11.5 Å². The van der Waals surface area contributed by atoms with Gasteiger partial charge in [0.15, 0.2) is 0 Å². The number of carbonyl (C=O) groups excluding carboxylic acids is 2. The topological polar surface area (TPSA) is 72.8 Å². The Hall–Kier alpha value is -2.04. The zero-order valence-corrected chi connectivity index (χ0v) is 9.02. The maximum Gasteiger partial charge on any atom is 0.379 e. The van der Waals surface area contributed by atoms with Crippen LogP contribution in [0.2, 0.25) is 0 Å². The Balaban J connectivity index is 3.02. The fraction of sp³-hybridized carbons (Fsp3) is 0.273. The van der Waals surface area contributed by atoms with E-state index in [1.807, 2.05) is 0 Å². The second kappa shape index (κ2) is 5.16. The maximum atomic E-state index is 11.5. The number of phenolic OH excluding ortho intramolecular Hbond substituents is 1. The van der Waals surface area contributed by atoms with Crippen LogP contribution >= 0.6 is 0 Å². The lowest BCUT2D eigenvalue weighted by Gasteiger charge is -2.05. The number of rotatable bonds is 4. The van der Waals surface area contributed by atoms with Gasteiger partial charge in [0.1, 0.15) is 11.5 Å². The number of hydrogen-bond acceptors (Lipinski definition) is 5. The van der Waals surface area contributed by atoms with E-state index in [1.165, 1.54) is 25.3 Å². The number of ketones is 1. The van der Waals surface area contributed by atoms with Crippen molar-refractivity contribution in [3.05, 3.63) is 23.8 Å². The summed E-state index contributed by atoms with van der Waals surface area (Å²) in [5.41, 5.74) is -0.127. The molecule has 0 atom stereocenters. The van der Waals surface area contributed by atoms with Crippen molar-refractivity contribution in [3.63, 3.8) is 0 Å². The Morgan fingerprint density at radius 1 is 1.38 bits per heavy atom. The van der Waals surface area contributed by atoms with E-state index in [9.17, 15) is 14.7 Å². The molecule has 0 bridgehead atoms. The average molecular weight is 224 g/mol. The molecule has 5 heteroatoms. The molecule has 0 aromatic heterocycles. The summed E-state index contributed by atoms with van der Waals surface area (Å²) in [5.74, 6) is -1.78. The Labute approximate surface area is 92.6 Å². The largest absolute Gasteiger partial charge is 0.507 e. The molecule has 5 nitrogen and oxygen atoms in total. The first-order valence-electron chi connectivity index (χ1n) is 4.68. The number of benzene rings is 1. The minimum atomic E-state index is -0.994. The lowest BCUT2D eigenvalue weighted by Crippen LogP contribution is -2.17. The molecule has 0 heterocycles. The van der Waals surface area contributed by atoms with Gasteiger partial charge in [0.05, 0.1) is 19.3 Å². The molecule has 0 saturated heterocycles. The molecule has 1 rings (SSSR count). The summed E-state index contributed by atoms with van der Waals surface area (Å²) >= 11 is 0. The van der Waals surface area contributed by atoms with Crippen LogP contribution in [0.4, 0.5) is 0 Å². The van der Waals surface area contributed by atoms with Crippen LogP contribution in [0.25, 0.3) is 0 Å². The minimum Gasteiger partial charge on any atom is -0.507 e. The monoisotopic (exact) mass is 224 g/mol. The lowest BCUT2D eigenvalue weighted by molar-refractivity contribution is -0.137. The normalized spacial score (nSPS) is 9.62. The predicted octanol–water partition coefficient (Wildman–Crippen LogP) is 1.15. The first kappa shape index (κ1) is 12.0. The number of hydrogen-bond donors (Lipinski definition) is 1. The van der Waals surface area contributed by atoms with Crippen LogP contribution < -0.4 is 4.74 Å². The molecule has 0 spiro atoms. The highest BCUT2D eigenvalue weighted by Gasteiger charge is 2.21. The molecule has 86 valence electrons. The Bertz CT molecular complexity index is 411. The summed E-state index contributed by atoms with van der Waals surface area (Å²) in [6.45, 7) is 1.70. The van der Waals surface area contributed by atoms with E-state index in [0.29, 0.717) is 5.75 Å². The van der Waals surface area contributed by atoms with Crippen molar-refractivity contribution >= 4 is 11.8 Å². The third-order valence-corrected chi connectivity index (χ3v) is 1.91. The van der Waals surface area contributed by atoms with Crippen LogP contribution in [0.3, 0.4) is 0 Å². The number of aromatic hydroxyl groups is 1. The highest BCUT2D eigenvalue weighted by molar-refractivity contribution is 6.41. The molecule has 0 radical (unpaired) electrons. The van der Waals surface area contributed by atoms with Crippen molar-refractivity contribution in [1.29, 1.82) is 0 Å². The first-order chi connectivity index (χ1) is 7.60. The van der Waals surface area contributed by atoms with E-state index in [-0.39, 0.29) is 17.9 Å². The minimum absolute atomic E-state index is 0.106. The molecule has 0 unspecified atom stereocenters. The molecule has 1 aromatic carbocycles. The third-order valence-electron chi connectivity index (χ3n) is 1.91. The molecule has 0 aliphatic rings. The molecule has 1 N–H and O–H groups in total. The van der Waals surface area contributed by atoms with Gasteiger partial charge in [-0.3, -0.25) is 4.79 Å². The van der Waals surface area contributed by atoms with E-state index < -0.39 is 11.8 Å². The number of esters is 1. The van der Waals surface area contributed by atoms with E-state index >= 15 is 0 Å². The molecule has 0 aliphatic heterocycles. The number of methoxy groups -OCH3 is 1. The van der Waals surface area contributed by atoms with Crippen LogP contribution in [0.1, 0.15) is 17.3 Å². The van der Waals surface area contributed by atoms with Crippen molar-refractivity contribution in [1.82, 2.24) is 0 Å². The van der Waals surface area contributed by atoms with Crippen molar-refractivity contribution in [2.75, 3.05) is 13.7 Å². The zero-order valence-electron chi connectivity index (χ0n) is 9.02. The highest BCUT2D eigenvalue weighted by Crippen LogP contribution is 2.23. The smallest absolute Gasteiger partial charge is 0.379 e. The summed E-state index contributed by atoms with van der Waals surface area (Å²) in [7, 11) is 1.42. The van der Waals surface area contributed by atoms with Gasteiger partial charge < -0.3 is 14.6 Å². The zero-order chi connectivity index (χ0) is 12.1. The van der Waals surface area contributed by atoms with Crippen LogP contribution in [-0.2, 0) is 9.53 Å². The quantitative estimate of drug-likeness (QED) is 0.471. The molecule has 1 aromatic rings. The summed E-state index contributed by atoms with van der Waals surface area (Å²) in [6, 6.07) is 4.05. The van der Waals surface area contributed by atoms with Gasteiger partial charge in [-0.05, 0) is 25.1 Å². The van der Waals surface area contributed by atoms with Crippen LogP contribution in [-0.4, -0.2) is 30.6 Å². The number of phenols is 1. The average Bonchev–Trinajstić information content (AvgIpc) is 2.29. The van der Waals surface area contributed by atoms with Gasteiger partial charge in [0.25, 0.3) is 5.78 Å². The van der Waals surface area contributed by atoms with Crippen LogP contribution in [0.15, 0.2) is 18.2 Å². The van der Waals surface area contributed by atoms with Crippen molar-refractivity contribution in [3.8, 4) is 11.5 Å². The maximum absolute atomic E-state index is 11.5. The van der Waals surface area contributed by atoms with Crippen molar-refractivity contribution < 1.29 is 24.2 Å². The first-order valence-corrected chi connectivity index (χ1v) is 4.68. The second-order valence-electron chi connectivity index (χ2n) is 2.93. The van der Waals surface area contributed by atoms with Gasteiger partial charge in [0.2, 0.25) is 0 Å². The van der Waals surface area contributed by atoms with E-state index in [1.54, 1.807) is 6.92 Å². The van der Waals surface area contributed by atoms with Crippen LogP contribution in [0, 0.1) is 0 Å². The van der Waals surface area contributed by atoms with Gasteiger partial charge in [-0.1, -0.05) is 0 Å². The van der Waals surface area contributed by atoms with Gasteiger partial charge in [-0.15, -0.1) is 0 Å². The van der Waals surface area contributed by atoms with Gasteiger partial charge in [-0.25, -0.2) is 4.79 Å². The predicted molar refractivity (Wildman–Crippen MR) is 55.6 cm³/mol. The fourth-order valence-electron chi connectivity index (χ4n) is 1.13. The van der Waals surface area contributed by atoms with Gasteiger partial charge in [-0.2, -0.15) is 0 Å². The van der Waals surface area contributed by atoms with E-state index in [4.69, 9.17) is 4.74 Å². The number of ether oxygens (including phenoxy) is 2. The number of Topliss-reactive ketones (excluding diaryl/α,β-unsaturated/α-hetero) is 1. The Morgan fingerprint density at radius 2 is 2.06 bits per heavy atom. The molecule has 0 fully saturated rings. The molecule has 16 heavy (non-hydrogen) atoms. The standard InChI is InChI=1S/C11H12O5/c1-3-16-11(14)10(13)8-6-7(15-2)4-5-9(8)12/h4-6,12H,3H2,1-2H3. The molecular formula is C11H12O5. The van der Waals surface area contributed by atoms with Gasteiger partial charge >= 0.3 is 5.97 Å². The summed E-state index contributed by atoms with van der Waals surface area (Å²) in [4.78, 5) is 22.7. The summed E-state index contributed by atoms with van der Waals surface area (Å²) in [6.07, 6.45) is 0. The Morgan fingerprint density at radius 3 is 2.62 bits per heavy atom. The lowest BCUT2D eigenvalue weighted by atomic mass is 10.1. The summed E-state index contributed by atoms with van der Waals surface area (Å²) in [5, 5.41) is 9.43. The van der Waals surface area contributed by atoms with E-state index in [0.717, 1.165) is 0 Å². The molecule has 0 saturated carbocycles. The molecule has 0 amide bonds. The van der Waals surface area contributed by atoms with Crippen molar-refractivity contribution in [2.45, 2.75) is 6.92 Å². The second-order valence-corrected chi connectivity index (χ2v) is 2.93. The third kappa shape index (κ3) is 2.50. The highest BCUT2D eigenvalue weighted by atomic mass is 16.5. The SMILES string of the molecule is CCOC(=O)C(=O)c1cc(OC)ccc1O. The summed E-state index contributed by atoms with van der Waals surface area (Å²) < 4.78 is 9.43. The molecule has 0 aliphatic carbocycles.